The Hall–Kier alpha value is -0.840. The standard InChI is InChI=1S/C15H26BrN3O/c1-2-3-4-5-6-7-8-9-10-17-15-18-12-13(19-15)14(20)11-16/h12H,2-11H2,1H3,(H2,17,18,19). The number of hydrogen-bond donors (Lipinski definition) is 2. The number of Topliss-reactive ketones (excluding diaryl/α,β-unsaturated/α-hetero) is 1. The van der Waals surface area contributed by atoms with Crippen LogP contribution in [0.5, 0.6) is 0 Å². The van der Waals surface area contributed by atoms with Gasteiger partial charge in [0.15, 0.2) is 5.78 Å². The fourth-order valence-electron chi connectivity index (χ4n) is 2.09. The van der Waals surface area contributed by atoms with Crippen molar-refractivity contribution in [1.29, 1.82) is 0 Å². The molecular formula is C15H26BrN3O. The van der Waals surface area contributed by atoms with Crippen LogP contribution in [-0.2, 0) is 0 Å². The Balaban J connectivity index is 2.01. The van der Waals surface area contributed by atoms with E-state index in [1.54, 1.807) is 6.20 Å². The second-order valence-corrected chi connectivity index (χ2v) is 5.66. The monoisotopic (exact) mass is 343 g/mol. The summed E-state index contributed by atoms with van der Waals surface area (Å²) in [5.74, 6) is 0.717. The fraction of sp³-hybridized carbons (Fsp3) is 0.733. The molecule has 1 aromatic rings. The van der Waals surface area contributed by atoms with E-state index in [1.807, 2.05) is 0 Å². The molecule has 0 aliphatic carbocycles. The first-order valence-corrected chi connectivity index (χ1v) is 8.78. The predicted octanol–water partition coefficient (Wildman–Crippen LogP) is 4.54. The minimum Gasteiger partial charge on any atom is -0.356 e. The molecule has 0 fully saturated rings. The van der Waals surface area contributed by atoms with Crippen molar-refractivity contribution in [3.05, 3.63) is 11.9 Å². The molecule has 0 unspecified atom stereocenters. The van der Waals surface area contributed by atoms with Gasteiger partial charge in [0.1, 0.15) is 5.69 Å². The van der Waals surface area contributed by atoms with Crippen LogP contribution in [0.1, 0.15) is 68.8 Å². The summed E-state index contributed by atoms with van der Waals surface area (Å²) in [6, 6.07) is 0. The molecule has 5 heteroatoms. The molecule has 0 amide bonds. The van der Waals surface area contributed by atoms with Crippen molar-refractivity contribution in [2.45, 2.75) is 58.3 Å². The lowest BCUT2D eigenvalue weighted by molar-refractivity contribution is 0.101. The van der Waals surface area contributed by atoms with Crippen molar-refractivity contribution in [3.8, 4) is 0 Å². The summed E-state index contributed by atoms with van der Waals surface area (Å²) in [5.41, 5.74) is 0.556. The molecule has 0 atom stereocenters. The van der Waals surface area contributed by atoms with Gasteiger partial charge < -0.3 is 10.3 Å². The van der Waals surface area contributed by atoms with Crippen LogP contribution in [0, 0.1) is 0 Å². The van der Waals surface area contributed by atoms with Gasteiger partial charge >= 0.3 is 0 Å². The number of carbonyl (C=O) groups is 1. The van der Waals surface area contributed by atoms with E-state index in [9.17, 15) is 4.79 Å². The third-order valence-electron chi connectivity index (χ3n) is 3.32. The molecule has 1 aromatic heterocycles. The van der Waals surface area contributed by atoms with Gasteiger partial charge in [-0.05, 0) is 6.42 Å². The fourth-order valence-corrected chi connectivity index (χ4v) is 2.39. The van der Waals surface area contributed by atoms with Crippen molar-refractivity contribution in [2.75, 3.05) is 17.2 Å². The first-order chi connectivity index (χ1) is 9.77. The highest BCUT2D eigenvalue weighted by Gasteiger charge is 2.07. The lowest BCUT2D eigenvalue weighted by atomic mass is 10.1. The van der Waals surface area contributed by atoms with Crippen LogP contribution in [-0.4, -0.2) is 27.6 Å². The van der Waals surface area contributed by atoms with E-state index in [4.69, 9.17) is 0 Å². The number of halogens is 1. The number of alkyl halides is 1. The van der Waals surface area contributed by atoms with E-state index < -0.39 is 0 Å². The number of hydrogen-bond acceptors (Lipinski definition) is 3. The molecular weight excluding hydrogens is 318 g/mol. The number of unbranched alkanes of at least 4 members (excludes halogenated alkanes) is 7. The first kappa shape index (κ1) is 17.2. The van der Waals surface area contributed by atoms with Gasteiger partial charge in [0.2, 0.25) is 5.95 Å². The molecule has 0 aliphatic rings. The molecule has 0 bridgehead atoms. The molecule has 4 nitrogen and oxygen atoms in total. The van der Waals surface area contributed by atoms with Crippen LogP contribution in [0.4, 0.5) is 5.95 Å². The highest BCUT2D eigenvalue weighted by molar-refractivity contribution is 9.09. The van der Waals surface area contributed by atoms with E-state index in [0.29, 0.717) is 17.0 Å². The molecule has 0 spiro atoms. The minimum atomic E-state index is 0.0256. The summed E-state index contributed by atoms with van der Waals surface area (Å²) < 4.78 is 0. The number of imidazole rings is 1. The van der Waals surface area contributed by atoms with Gasteiger partial charge in [0.25, 0.3) is 0 Å². The number of anilines is 1. The average Bonchev–Trinajstić information content (AvgIpc) is 2.93. The van der Waals surface area contributed by atoms with E-state index in [0.717, 1.165) is 13.0 Å². The second kappa shape index (κ2) is 10.9. The number of H-pyrrole nitrogens is 1. The SMILES string of the molecule is CCCCCCCCCCNc1ncc(C(=O)CBr)[nH]1. The summed E-state index contributed by atoms with van der Waals surface area (Å²) in [6.07, 6.45) is 12.1. The quantitative estimate of drug-likeness (QED) is 0.332. The van der Waals surface area contributed by atoms with Crippen molar-refractivity contribution in [2.24, 2.45) is 0 Å². The van der Waals surface area contributed by atoms with Crippen LogP contribution in [0.3, 0.4) is 0 Å². The largest absolute Gasteiger partial charge is 0.356 e. The number of aromatic amines is 1. The van der Waals surface area contributed by atoms with Gasteiger partial charge in [-0.25, -0.2) is 4.98 Å². The van der Waals surface area contributed by atoms with Crippen LogP contribution in [0.15, 0.2) is 6.20 Å². The number of nitrogens with zero attached hydrogens (tertiary/aromatic N) is 1. The molecule has 2 N–H and O–H groups in total. The highest BCUT2D eigenvalue weighted by Crippen LogP contribution is 2.09. The third-order valence-corrected chi connectivity index (χ3v) is 3.83. The van der Waals surface area contributed by atoms with Crippen molar-refractivity contribution in [1.82, 2.24) is 9.97 Å². The molecule has 0 aliphatic heterocycles. The van der Waals surface area contributed by atoms with Gasteiger partial charge in [0.05, 0.1) is 11.5 Å². The maximum atomic E-state index is 11.4. The van der Waals surface area contributed by atoms with Crippen molar-refractivity contribution in [3.63, 3.8) is 0 Å². The highest BCUT2D eigenvalue weighted by atomic mass is 79.9. The Morgan fingerprint density at radius 3 is 2.50 bits per heavy atom. The Bertz CT molecular complexity index is 379. The van der Waals surface area contributed by atoms with Gasteiger partial charge in [-0.1, -0.05) is 67.8 Å². The molecule has 20 heavy (non-hydrogen) atoms. The summed E-state index contributed by atoms with van der Waals surface area (Å²) in [4.78, 5) is 18.5. The Morgan fingerprint density at radius 2 is 1.85 bits per heavy atom. The molecule has 0 saturated carbocycles. The van der Waals surface area contributed by atoms with E-state index in [1.165, 1.54) is 44.9 Å². The molecule has 0 saturated heterocycles. The number of carbonyl (C=O) groups excluding carboxylic acids is 1. The number of rotatable bonds is 12. The van der Waals surface area contributed by atoms with Gasteiger partial charge in [-0.3, -0.25) is 4.79 Å². The minimum absolute atomic E-state index is 0.0256. The van der Waals surface area contributed by atoms with Gasteiger partial charge in [0, 0.05) is 6.54 Å². The number of nitrogens with one attached hydrogen (secondary N) is 2. The third kappa shape index (κ3) is 7.08. The first-order valence-electron chi connectivity index (χ1n) is 7.66. The van der Waals surface area contributed by atoms with E-state index in [-0.39, 0.29) is 5.78 Å². The van der Waals surface area contributed by atoms with Crippen LogP contribution >= 0.6 is 15.9 Å². The Labute approximate surface area is 130 Å². The van der Waals surface area contributed by atoms with Crippen LogP contribution in [0.25, 0.3) is 0 Å². The number of ketones is 1. The Kier molecular flexibility index (Phi) is 9.37. The van der Waals surface area contributed by atoms with Crippen LogP contribution < -0.4 is 5.32 Å². The van der Waals surface area contributed by atoms with E-state index in [2.05, 4.69) is 38.1 Å². The lowest BCUT2D eigenvalue weighted by Crippen LogP contribution is -2.04. The van der Waals surface area contributed by atoms with E-state index >= 15 is 0 Å². The van der Waals surface area contributed by atoms with Gasteiger partial charge in [-0.15, -0.1) is 0 Å². The smallest absolute Gasteiger partial charge is 0.200 e. The van der Waals surface area contributed by atoms with Gasteiger partial charge in [-0.2, -0.15) is 0 Å². The topological polar surface area (TPSA) is 57.8 Å². The predicted molar refractivity (Wildman–Crippen MR) is 87.8 cm³/mol. The molecule has 0 aromatic carbocycles. The zero-order chi connectivity index (χ0) is 14.6. The molecule has 1 rings (SSSR count). The summed E-state index contributed by atoms with van der Waals surface area (Å²) in [6.45, 7) is 3.15. The maximum Gasteiger partial charge on any atom is 0.200 e. The molecule has 1 heterocycles. The summed E-state index contributed by atoms with van der Waals surface area (Å²) >= 11 is 3.15. The molecule has 0 radical (unpaired) electrons. The maximum absolute atomic E-state index is 11.4. The average molecular weight is 344 g/mol. The normalized spacial score (nSPS) is 10.7. The second-order valence-electron chi connectivity index (χ2n) is 5.10. The summed E-state index contributed by atoms with van der Waals surface area (Å²) in [7, 11) is 0. The lowest BCUT2D eigenvalue weighted by Gasteiger charge is -2.03. The Morgan fingerprint density at radius 1 is 1.20 bits per heavy atom. The van der Waals surface area contributed by atoms with Crippen LogP contribution in [0.2, 0.25) is 0 Å². The number of aromatic nitrogens is 2. The molecule has 114 valence electrons. The zero-order valence-corrected chi connectivity index (χ0v) is 14.0. The summed E-state index contributed by atoms with van der Waals surface area (Å²) in [5, 5.41) is 3.55. The zero-order valence-electron chi connectivity index (χ0n) is 12.4. The van der Waals surface area contributed by atoms with Crippen molar-refractivity contribution < 1.29 is 4.79 Å². The van der Waals surface area contributed by atoms with Crippen molar-refractivity contribution >= 4 is 27.7 Å².